The van der Waals surface area contributed by atoms with E-state index in [4.69, 9.17) is 4.74 Å². The highest BCUT2D eigenvalue weighted by molar-refractivity contribution is 14.1. The highest BCUT2D eigenvalue weighted by Crippen LogP contribution is 2.10. The van der Waals surface area contributed by atoms with Crippen LogP contribution in [-0.2, 0) is 11.3 Å². The molecule has 78 valence electrons. The molecule has 1 atom stereocenters. The second-order valence-electron chi connectivity index (χ2n) is 3.66. The lowest BCUT2D eigenvalue weighted by Crippen LogP contribution is -2.04. The van der Waals surface area contributed by atoms with Crippen LogP contribution in [0.4, 0.5) is 0 Å². The van der Waals surface area contributed by atoms with Crippen LogP contribution in [0.3, 0.4) is 0 Å². The highest BCUT2D eigenvalue weighted by Gasteiger charge is 1.99. The summed E-state index contributed by atoms with van der Waals surface area (Å²) < 4.78 is 6.89. The van der Waals surface area contributed by atoms with E-state index >= 15 is 0 Å². The fraction of sp³-hybridized carbons (Fsp3) is 0.500. The summed E-state index contributed by atoms with van der Waals surface area (Å²) in [4.78, 5) is 0. The van der Waals surface area contributed by atoms with Gasteiger partial charge in [-0.05, 0) is 46.2 Å². The second-order valence-corrected chi connectivity index (χ2v) is 4.90. The molecule has 0 fully saturated rings. The van der Waals surface area contributed by atoms with Crippen LogP contribution in [0.5, 0.6) is 0 Å². The molecule has 0 N–H and O–H groups in total. The third-order valence-electron chi connectivity index (χ3n) is 2.26. The Labute approximate surface area is 100.0 Å². The summed E-state index contributed by atoms with van der Waals surface area (Å²) >= 11 is 2.32. The van der Waals surface area contributed by atoms with Crippen molar-refractivity contribution in [2.75, 3.05) is 6.61 Å². The number of hydrogen-bond acceptors (Lipinski definition) is 1. The van der Waals surface area contributed by atoms with Gasteiger partial charge in [0.2, 0.25) is 0 Å². The minimum Gasteiger partial charge on any atom is -0.376 e. The van der Waals surface area contributed by atoms with Crippen molar-refractivity contribution < 1.29 is 4.74 Å². The van der Waals surface area contributed by atoms with Crippen molar-refractivity contribution >= 4 is 22.6 Å². The Bertz CT molecular complexity index is 273. The molecule has 0 aliphatic rings. The maximum absolute atomic E-state index is 5.62. The third kappa shape index (κ3) is 4.42. The first-order valence-electron chi connectivity index (χ1n) is 5.04. The first kappa shape index (κ1) is 12.0. The molecule has 0 aliphatic carbocycles. The molecule has 0 bridgehead atoms. The van der Waals surface area contributed by atoms with Gasteiger partial charge in [-0.1, -0.05) is 32.4 Å². The van der Waals surface area contributed by atoms with Crippen LogP contribution in [0, 0.1) is 9.49 Å². The molecule has 1 aromatic carbocycles. The number of halogens is 1. The van der Waals surface area contributed by atoms with Gasteiger partial charge in [0.1, 0.15) is 0 Å². The van der Waals surface area contributed by atoms with Gasteiger partial charge in [-0.3, -0.25) is 0 Å². The molecule has 1 nitrogen and oxygen atoms in total. The first-order valence-corrected chi connectivity index (χ1v) is 6.12. The molecule has 0 heterocycles. The van der Waals surface area contributed by atoms with E-state index in [0.29, 0.717) is 5.92 Å². The molecule has 0 saturated heterocycles. The van der Waals surface area contributed by atoms with E-state index in [2.05, 4.69) is 60.7 Å². The summed E-state index contributed by atoms with van der Waals surface area (Å²) in [7, 11) is 0. The Morgan fingerprint density at radius 3 is 2.86 bits per heavy atom. The normalized spacial score (nSPS) is 12.8. The third-order valence-corrected chi connectivity index (χ3v) is 2.93. The summed E-state index contributed by atoms with van der Waals surface area (Å²) in [5.41, 5.74) is 1.26. The van der Waals surface area contributed by atoms with Crippen LogP contribution < -0.4 is 0 Å². The van der Waals surface area contributed by atoms with Gasteiger partial charge in [0.25, 0.3) is 0 Å². The predicted molar refractivity (Wildman–Crippen MR) is 68.3 cm³/mol. The average Bonchev–Trinajstić information content (AvgIpc) is 2.17. The summed E-state index contributed by atoms with van der Waals surface area (Å²) in [5.74, 6) is 0.665. The van der Waals surface area contributed by atoms with Crippen LogP contribution in [0.15, 0.2) is 24.3 Å². The quantitative estimate of drug-likeness (QED) is 0.751. The molecule has 1 rings (SSSR count). The molecule has 0 amide bonds. The van der Waals surface area contributed by atoms with Crippen LogP contribution in [0.1, 0.15) is 25.8 Å². The maximum atomic E-state index is 5.62. The summed E-state index contributed by atoms with van der Waals surface area (Å²) in [6.07, 6.45) is 1.19. The number of rotatable bonds is 5. The summed E-state index contributed by atoms with van der Waals surface area (Å²) in [5, 5.41) is 0. The number of hydrogen-bond donors (Lipinski definition) is 0. The van der Waals surface area contributed by atoms with Gasteiger partial charge in [0, 0.05) is 10.2 Å². The Hall–Kier alpha value is -0.0900. The average molecular weight is 304 g/mol. The Morgan fingerprint density at radius 2 is 2.21 bits per heavy atom. The molecule has 0 radical (unpaired) electrons. The van der Waals surface area contributed by atoms with Crippen LogP contribution in [-0.4, -0.2) is 6.61 Å². The van der Waals surface area contributed by atoms with E-state index in [1.165, 1.54) is 15.6 Å². The van der Waals surface area contributed by atoms with Crippen LogP contribution >= 0.6 is 22.6 Å². The standard InChI is InChI=1S/C12H17IO/c1-3-10(2)8-14-9-11-5-4-6-12(13)7-11/h4-7,10H,3,8-9H2,1-2H3. The lowest BCUT2D eigenvalue weighted by atomic mass is 10.1. The van der Waals surface area contributed by atoms with E-state index in [-0.39, 0.29) is 0 Å². The van der Waals surface area contributed by atoms with Crippen molar-refractivity contribution in [1.82, 2.24) is 0 Å². The fourth-order valence-electron chi connectivity index (χ4n) is 1.12. The minimum absolute atomic E-state index is 0.665. The zero-order valence-electron chi connectivity index (χ0n) is 8.79. The molecule has 14 heavy (non-hydrogen) atoms. The van der Waals surface area contributed by atoms with E-state index in [9.17, 15) is 0 Å². The van der Waals surface area contributed by atoms with Gasteiger partial charge in [0.15, 0.2) is 0 Å². The second kappa shape index (κ2) is 6.40. The largest absolute Gasteiger partial charge is 0.376 e. The topological polar surface area (TPSA) is 9.23 Å². The molecule has 0 aliphatic heterocycles. The molecular weight excluding hydrogens is 287 g/mol. The van der Waals surface area contributed by atoms with E-state index < -0.39 is 0 Å². The summed E-state index contributed by atoms with van der Waals surface area (Å²) in [6, 6.07) is 8.44. The van der Waals surface area contributed by atoms with Crippen molar-refractivity contribution in [1.29, 1.82) is 0 Å². The Balaban J connectivity index is 2.31. The van der Waals surface area contributed by atoms with Crippen molar-refractivity contribution in [2.24, 2.45) is 5.92 Å². The van der Waals surface area contributed by atoms with E-state index in [1.807, 2.05) is 0 Å². The minimum atomic E-state index is 0.665. The molecule has 0 spiro atoms. The highest BCUT2D eigenvalue weighted by atomic mass is 127. The fourth-order valence-corrected chi connectivity index (χ4v) is 1.73. The Morgan fingerprint density at radius 1 is 1.43 bits per heavy atom. The van der Waals surface area contributed by atoms with Crippen molar-refractivity contribution in [3.05, 3.63) is 33.4 Å². The smallest absolute Gasteiger partial charge is 0.0717 e. The maximum Gasteiger partial charge on any atom is 0.0717 e. The van der Waals surface area contributed by atoms with E-state index in [1.54, 1.807) is 0 Å². The zero-order valence-corrected chi connectivity index (χ0v) is 11.0. The molecule has 2 heteroatoms. The van der Waals surface area contributed by atoms with Gasteiger partial charge >= 0.3 is 0 Å². The summed E-state index contributed by atoms with van der Waals surface area (Å²) in [6.45, 7) is 6.01. The first-order chi connectivity index (χ1) is 6.72. The lowest BCUT2D eigenvalue weighted by Gasteiger charge is -2.09. The van der Waals surface area contributed by atoms with Gasteiger partial charge in [-0.25, -0.2) is 0 Å². The zero-order chi connectivity index (χ0) is 10.4. The lowest BCUT2D eigenvalue weighted by molar-refractivity contribution is 0.0910. The van der Waals surface area contributed by atoms with Crippen molar-refractivity contribution in [3.8, 4) is 0 Å². The van der Waals surface area contributed by atoms with Gasteiger partial charge in [0.05, 0.1) is 6.61 Å². The van der Waals surface area contributed by atoms with E-state index in [0.717, 1.165) is 13.2 Å². The van der Waals surface area contributed by atoms with Gasteiger partial charge in [-0.15, -0.1) is 0 Å². The SMILES string of the molecule is CCC(C)COCc1cccc(I)c1. The van der Waals surface area contributed by atoms with Crippen LogP contribution in [0.2, 0.25) is 0 Å². The van der Waals surface area contributed by atoms with Crippen LogP contribution in [0.25, 0.3) is 0 Å². The van der Waals surface area contributed by atoms with Gasteiger partial charge in [-0.2, -0.15) is 0 Å². The predicted octanol–water partition coefficient (Wildman–Crippen LogP) is 3.85. The monoisotopic (exact) mass is 304 g/mol. The molecule has 1 aromatic rings. The van der Waals surface area contributed by atoms with Gasteiger partial charge < -0.3 is 4.74 Å². The molecular formula is C12H17IO. The number of benzene rings is 1. The molecule has 1 unspecified atom stereocenters. The number of ether oxygens (including phenoxy) is 1. The van der Waals surface area contributed by atoms with Crippen molar-refractivity contribution in [2.45, 2.75) is 26.9 Å². The molecule has 0 saturated carbocycles. The Kier molecular flexibility index (Phi) is 5.48. The molecule has 0 aromatic heterocycles. The van der Waals surface area contributed by atoms with Crippen molar-refractivity contribution in [3.63, 3.8) is 0 Å².